The zero-order valence-corrected chi connectivity index (χ0v) is 45.7. The molecule has 0 saturated heterocycles. The summed E-state index contributed by atoms with van der Waals surface area (Å²) < 4.78 is 84.2. The topological polar surface area (TPSA) is 156 Å². The van der Waals surface area contributed by atoms with Gasteiger partial charge in [-0.1, -0.05) is 121 Å². The van der Waals surface area contributed by atoms with Gasteiger partial charge >= 0.3 is 23.9 Å². The van der Waals surface area contributed by atoms with Crippen LogP contribution in [0.3, 0.4) is 0 Å². The highest BCUT2D eigenvalue weighted by Gasteiger charge is 2.59. The Bertz CT molecular complexity index is 4410. The van der Waals surface area contributed by atoms with Gasteiger partial charge in [0.1, 0.15) is 26.4 Å². The fourth-order valence-corrected chi connectivity index (χ4v) is 12.8. The van der Waals surface area contributed by atoms with E-state index in [2.05, 4.69) is 0 Å². The van der Waals surface area contributed by atoms with Crippen LogP contribution in [0, 0.1) is 23.3 Å². The van der Waals surface area contributed by atoms with Crippen LogP contribution in [-0.2, 0) is 81.8 Å². The number of ether oxygens (including phenoxy) is 4. The predicted molar refractivity (Wildman–Crippen MR) is 309 cm³/mol. The average Bonchev–Trinajstić information content (AvgIpc) is 1.56. The zero-order chi connectivity index (χ0) is 59.6. The number of fused-ring (bicyclic) bond motifs is 7. The standard InChI is InChI=1S/C70H42F4O11S/c71-56-25-42-21-45(62(75)48(42)31-57(56)72)24-46-22-43-26-60-49(29-54(43)69(46,65(78)82-34-38-13-5-1-6-14-38)66(79)83-35-39-15-7-2-8-16-39)50-30-55-44(27-61(50)86-60)23-47(28-53-63(76)51-32-58(73)59(74)33-52(51)64(53)77)70(55,67(80)84-36-40-17-9-3-10-18-40)68(81)85-37-41-19-11-4-12-20-41/h1-20,22-33H,21,34-37H2/b45-24+. The van der Waals surface area contributed by atoms with E-state index in [1.54, 1.807) is 152 Å². The van der Waals surface area contributed by atoms with Crippen molar-refractivity contribution in [3.63, 3.8) is 0 Å². The Morgan fingerprint density at radius 2 is 0.779 bits per heavy atom. The van der Waals surface area contributed by atoms with Crippen molar-refractivity contribution in [3.05, 3.63) is 294 Å². The van der Waals surface area contributed by atoms with Crippen LogP contribution >= 0.6 is 11.3 Å². The number of thiophene rings is 1. The molecule has 0 unspecified atom stereocenters. The van der Waals surface area contributed by atoms with Crippen molar-refractivity contribution in [2.75, 3.05) is 0 Å². The molecule has 9 aromatic rings. The van der Waals surface area contributed by atoms with E-state index in [-0.39, 0.29) is 77.4 Å². The molecule has 422 valence electrons. The third-order valence-electron chi connectivity index (χ3n) is 15.9. The molecule has 0 fully saturated rings. The molecule has 4 aliphatic carbocycles. The molecular formula is C70H42F4O11S. The highest BCUT2D eigenvalue weighted by Crippen LogP contribution is 2.53. The molecule has 0 N–H and O–H groups in total. The third kappa shape index (κ3) is 9.16. The summed E-state index contributed by atoms with van der Waals surface area (Å²) in [5.41, 5.74) is -3.92. The largest absolute Gasteiger partial charge is 0.459 e. The maximum absolute atomic E-state index is 15.5. The van der Waals surface area contributed by atoms with Crippen molar-refractivity contribution < 1.29 is 70.1 Å². The SMILES string of the molecule is O=C1/C(=C/C2=Cc3cc4sc5cc6c(cc5c4cc3C2(C(=O)OCc2ccccc2)C(=O)OCc2ccccc2)C(C(=O)OCc2ccccc2)(C(=O)OCc2ccccc2)C(C=C2C(=O)c3cc(F)c(F)cc3C2=O)=C6)Cc2cc(F)c(F)cc21. The number of ketones is 3. The molecule has 0 atom stereocenters. The number of esters is 4. The molecule has 0 saturated carbocycles. The van der Waals surface area contributed by atoms with E-state index in [1.165, 1.54) is 23.5 Å². The van der Waals surface area contributed by atoms with Crippen LogP contribution in [0.4, 0.5) is 17.6 Å². The van der Waals surface area contributed by atoms with Crippen molar-refractivity contribution in [1.29, 1.82) is 0 Å². The van der Waals surface area contributed by atoms with Crippen LogP contribution in [0.15, 0.2) is 204 Å². The van der Waals surface area contributed by atoms with E-state index in [0.717, 1.165) is 18.2 Å². The van der Waals surface area contributed by atoms with Crippen LogP contribution < -0.4 is 0 Å². The number of rotatable bonds is 14. The van der Waals surface area contributed by atoms with Crippen molar-refractivity contribution in [1.82, 2.24) is 0 Å². The minimum Gasteiger partial charge on any atom is -0.459 e. The predicted octanol–water partition coefficient (Wildman–Crippen LogP) is 13.2. The van der Waals surface area contributed by atoms with E-state index in [1.807, 2.05) is 0 Å². The fourth-order valence-electron chi connectivity index (χ4n) is 11.7. The maximum Gasteiger partial charge on any atom is 0.333 e. The Morgan fingerprint density at radius 3 is 1.16 bits per heavy atom. The summed E-state index contributed by atoms with van der Waals surface area (Å²) in [6.45, 7) is -1.33. The normalized spacial score (nSPS) is 15.5. The molecular weight excluding hydrogens is 1120 g/mol. The first-order chi connectivity index (χ1) is 41.6. The fraction of sp³-hybridized carbons (Fsp3) is 0.100. The first-order valence-electron chi connectivity index (χ1n) is 27.0. The Labute approximate surface area is 490 Å². The number of carbonyl (C=O) groups excluding carboxylic acids is 7. The van der Waals surface area contributed by atoms with Crippen molar-refractivity contribution in [2.45, 2.75) is 43.7 Å². The third-order valence-corrected chi connectivity index (χ3v) is 17.0. The summed E-state index contributed by atoms with van der Waals surface area (Å²) >= 11 is 1.26. The van der Waals surface area contributed by atoms with E-state index < -0.39 is 92.0 Å². The van der Waals surface area contributed by atoms with Gasteiger partial charge in [0.15, 0.2) is 40.6 Å². The van der Waals surface area contributed by atoms with Gasteiger partial charge in [-0.05, 0) is 134 Å². The summed E-state index contributed by atoms with van der Waals surface area (Å²) in [7, 11) is 0. The quantitative estimate of drug-likeness (QED) is 0.0255. The van der Waals surface area contributed by atoms with Gasteiger partial charge < -0.3 is 18.9 Å². The van der Waals surface area contributed by atoms with Gasteiger partial charge in [0.25, 0.3) is 0 Å². The molecule has 0 bridgehead atoms. The number of carbonyl (C=O) groups is 7. The van der Waals surface area contributed by atoms with E-state index in [4.69, 9.17) is 18.9 Å². The Hall–Kier alpha value is -10.5. The van der Waals surface area contributed by atoms with Gasteiger partial charge in [-0.2, -0.15) is 0 Å². The summed E-state index contributed by atoms with van der Waals surface area (Å²) in [5, 5.41) is 0.759. The van der Waals surface area contributed by atoms with Gasteiger partial charge in [0.05, 0.1) is 5.57 Å². The lowest BCUT2D eigenvalue weighted by molar-refractivity contribution is -0.166. The maximum atomic E-state index is 15.5. The molecule has 0 amide bonds. The molecule has 0 radical (unpaired) electrons. The van der Waals surface area contributed by atoms with E-state index in [9.17, 15) is 31.9 Å². The second kappa shape index (κ2) is 21.6. The van der Waals surface area contributed by atoms with Gasteiger partial charge in [-0.15, -0.1) is 11.3 Å². The summed E-state index contributed by atoms with van der Waals surface area (Å²) in [5.74, 6) is -12.3. The lowest BCUT2D eigenvalue weighted by atomic mass is 9.75. The molecule has 1 aromatic heterocycles. The van der Waals surface area contributed by atoms with Crippen molar-refractivity contribution in [3.8, 4) is 0 Å². The van der Waals surface area contributed by atoms with Crippen LogP contribution in [0.1, 0.15) is 81.1 Å². The van der Waals surface area contributed by atoms with Crippen LogP contribution in [0.5, 0.6) is 0 Å². The Kier molecular flexibility index (Phi) is 13.8. The summed E-state index contributed by atoms with van der Waals surface area (Å²) in [6, 6.07) is 44.1. The minimum atomic E-state index is -2.62. The van der Waals surface area contributed by atoms with E-state index in [0.29, 0.717) is 60.1 Å². The Morgan fingerprint density at radius 1 is 0.430 bits per heavy atom. The first kappa shape index (κ1) is 54.8. The molecule has 8 aromatic carbocycles. The van der Waals surface area contributed by atoms with Gasteiger partial charge in [-0.3, -0.25) is 33.6 Å². The Balaban J connectivity index is 1.01. The minimum absolute atomic E-state index is 0.0140. The van der Waals surface area contributed by atoms with Gasteiger partial charge in [0, 0.05) is 48.9 Å². The number of allylic oxidation sites excluding steroid dienone is 4. The highest BCUT2D eigenvalue weighted by atomic mass is 32.1. The number of hydrogen-bond donors (Lipinski definition) is 0. The van der Waals surface area contributed by atoms with Crippen molar-refractivity contribution >= 4 is 84.9 Å². The first-order valence-corrected chi connectivity index (χ1v) is 27.8. The zero-order valence-electron chi connectivity index (χ0n) is 44.9. The number of benzene rings is 8. The molecule has 0 spiro atoms. The van der Waals surface area contributed by atoms with Crippen molar-refractivity contribution in [2.24, 2.45) is 0 Å². The van der Waals surface area contributed by atoms with Crippen LogP contribution in [-0.4, -0.2) is 41.2 Å². The molecule has 11 nitrogen and oxygen atoms in total. The average molecular weight is 1170 g/mol. The molecule has 13 rings (SSSR count). The molecule has 4 aliphatic rings. The van der Waals surface area contributed by atoms with Gasteiger partial charge in [0.2, 0.25) is 10.8 Å². The van der Waals surface area contributed by atoms with E-state index >= 15 is 19.2 Å². The number of halogens is 4. The lowest BCUT2D eigenvalue weighted by Crippen LogP contribution is -2.46. The van der Waals surface area contributed by atoms with Gasteiger partial charge in [-0.25, -0.2) is 17.6 Å². The molecule has 1 heterocycles. The summed E-state index contributed by atoms with van der Waals surface area (Å²) in [4.78, 5) is 105. The van der Waals surface area contributed by atoms with Crippen LogP contribution in [0.2, 0.25) is 0 Å². The second-order valence-electron chi connectivity index (χ2n) is 21.0. The second-order valence-corrected chi connectivity index (χ2v) is 22.1. The lowest BCUT2D eigenvalue weighted by Gasteiger charge is -2.29. The smallest absolute Gasteiger partial charge is 0.333 e. The number of Topliss-reactive ketones (excluding diaryl/α,β-unsaturated/α-hetero) is 3. The van der Waals surface area contributed by atoms with Crippen LogP contribution in [0.25, 0.3) is 32.3 Å². The number of hydrogen-bond acceptors (Lipinski definition) is 12. The molecule has 16 heteroatoms. The highest BCUT2D eigenvalue weighted by molar-refractivity contribution is 7.25. The monoisotopic (exact) mass is 1170 g/mol. The summed E-state index contributed by atoms with van der Waals surface area (Å²) in [6.07, 6.45) is 5.22. The molecule has 86 heavy (non-hydrogen) atoms. The molecule has 0 aliphatic heterocycles.